The molecule has 0 bridgehead atoms. The molecule has 152 valence electrons. The van der Waals surface area contributed by atoms with E-state index in [2.05, 4.69) is 22.9 Å². The molecular weight excluding hydrogens is 384 g/mol. The maximum atomic E-state index is 13.1. The summed E-state index contributed by atoms with van der Waals surface area (Å²) in [6.07, 6.45) is 5.71. The van der Waals surface area contributed by atoms with Crippen LogP contribution in [0.3, 0.4) is 0 Å². The highest BCUT2D eigenvalue weighted by Gasteiger charge is 2.25. The minimum atomic E-state index is -0.0886. The Morgan fingerprint density at radius 1 is 1.07 bits per heavy atom. The monoisotopic (exact) mass is 410 g/mol. The first-order valence-corrected chi connectivity index (χ1v) is 10.6. The SMILES string of the molecule is Cc1ccc(-c2nc(C(=O)NC3CCCCC3)c(C)n2-c2ccc(Cl)cc2)n1C. The largest absolute Gasteiger partial charge is 0.348 e. The molecule has 1 N–H and O–H groups in total. The number of hydrogen-bond donors (Lipinski definition) is 1. The highest BCUT2D eigenvalue weighted by atomic mass is 35.5. The van der Waals surface area contributed by atoms with E-state index >= 15 is 0 Å². The van der Waals surface area contributed by atoms with E-state index < -0.39 is 0 Å². The summed E-state index contributed by atoms with van der Waals surface area (Å²) >= 11 is 6.10. The molecule has 1 fully saturated rings. The standard InChI is InChI=1S/C23H27ClN4O/c1-15-9-14-20(27(15)3)22-26-21(23(29)25-18-7-5-4-6-8-18)16(2)28(22)19-12-10-17(24)11-13-19/h9-14,18H,4-8H2,1-3H3,(H,25,29). The summed E-state index contributed by atoms with van der Waals surface area (Å²) < 4.78 is 4.14. The highest BCUT2D eigenvalue weighted by molar-refractivity contribution is 6.30. The summed E-state index contributed by atoms with van der Waals surface area (Å²) in [5.74, 6) is 0.670. The first-order valence-electron chi connectivity index (χ1n) is 10.2. The Bertz CT molecular complexity index is 1030. The average Bonchev–Trinajstić information content (AvgIpc) is 3.23. The normalized spacial score (nSPS) is 14.9. The molecule has 3 aromatic rings. The molecule has 1 aliphatic rings. The van der Waals surface area contributed by atoms with Gasteiger partial charge in [0.25, 0.3) is 5.91 Å². The van der Waals surface area contributed by atoms with Gasteiger partial charge in [-0.15, -0.1) is 0 Å². The molecule has 4 rings (SSSR count). The van der Waals surface area contributed by atoms with Gasteiger partial charge < -0.3 is 9.88 Å². The molecule has 5 nitrogen and oxygen atoms in total. The Balaban J connectivity index is 1.79. The van der Waals surface area contributed by atoms with Crippen molar-refractivity contribution in [3.05, 3.63) is 58.5 Å². The number of rotatable bonds is 4. The van der Waals surface area contributed by atoms with E-state index in [1.807, 2.05) is 48.9 Å². The molecule has 29 heavy (non-hydrogen) atoms. The number of carbonyl (C=O) groups excluding carboxylic acids is 1. The molecule has 0 atom stereocenters. The van der Waals surface area contributed by atoms with Gasteiger partial charge in [-0.05, 0) is 63.1 Å². The number of amides is 1. The van der Waals surface area contributed by atoms with E-state index in [0.29, 0.717) is 10.7 Å². The quantitative estimate of drug-likeness (QED) is 0.641. The van der Waals surface area contributed by atoms with Gasteiger partial charge >= 0.3 is 0 Å². The molecule has 2 heterocycles. The Kier molecular flexibility index (Phi) is 5.50. The van der Waals surface area contributed by atoms with E-state index in [1.165, 1.54) is 19.3 Å². The number of benzene rings is 1. The van der Waals surface area contributed by atoms with E-state index in [0.717, 1.165) is 41.4 Å². The molecule has 1 aromatic carbocycles. The van der Waals surface area contributed by atoms with Crippen LogP contribution in [-0.2, 0) is 7.05 Å². The van der Waals surface area contributed by atoms with Crippen molar-refractivity contribution >= 4 is 17.5 Å². The van der Waals surface area contributed by atoms with Gasteiger partial charge in [-0.25, -0.2) is 4.98 Å². The molecular formula is C23H27ClN4O. The third-order valence-electron chi connectivity index (χ3n) is 5.95. The van der Waals surface area contributed by atoms with Crippen LogP contribution in [0.1, 0.15) is 54.0 Å². The number of hydrogen-bond acceptors (Lipinski definition) is 2. The lowest BCUT2D eigenvalue weighted by molar-refractivity contribution is 0.0922. The van der Waals surface area contributed by atoms with E-state index in [1.54, 1.807) is 0 Å². The van der Waals surface area contributed by atoms with E-state index in [9.17, 15) is 4.79 Å². The summed E-state index contributed by atoms with van der Waals surface area (Å²) in [5.41, 5.74) is 4.35. The van der Waals surface area contributed by atoms with Crippen LogP contribution >= 0.6 is 11.6 Å². The lowest BCUT2D eigenvalue weighted by atomic mass is 9.95. The fourth-order valence-corrected chi connectivity index (χ4v) is 4.26. The maximum Gasteiger partial charge on any atom is 0.272 e. The first-order chi connectivity index (χ1) is 14.0. The number of halogens is 1. The summed E-state index contributed by atoms with van der Waals surface area (Å²) in [5, 5.41) is 3.88. The predicted molar refractivity (Wildman–Crippen MR) is 117 cm³/mol. The molecule has 0 aliphatic heterocycles. The van der Waals surface area contributed by atoms with Crippen molar-refractivity contribution in [3.8, 4) is 17.2 Å². The number of carbonyl (C=O) groups is 1. The maximum absolute atomic E-state index is 13.1. The number of aromatic nitrogens is 3. The summed E-state index contributed by atoms with van der Waals surface area (Å²) in [6.45, 7) is 4.01. The average molecular weight is 411 g/mol. The fraction of sp³-hybridized carbons (Fsp3) is 0.391. The minimum absolute atomic E-state index is 0.0886. The third kappa shape index (κ3) is 3.84. The van der Waals surface area contributed by atoms with Crippen molar-refractivity contribution in [1.29, 1.82) is 0 Å². The van der Waals surface area contributed by atoms with E-state index in [-0.39, 0.29) is 11.9 Å². The topological polar surface area (TPSA) is 51.9 Å². The Morgan fingerprint density at radius 2 is 1.76 bits per heavy atom. The molecule has 0 saturated heterocycles. The van der Waals surface area contributed by atoms with E-state index in [4.69, 9.17) is 16.6 Å². The molecule has 6 heteroatoms. The number of aryl methyl sites for hydroxylation is 1. The molecule has 1 saturated carbocycles. The van der Waals surface area contributed by atoms with Crippen LogP contribution in [0, 0.1) is 13.8 Å². The fourth-order valence-electron chi connectivity index (χ4n) is 4.13. The van der Waals surface area contributed by atoms with Crippen LogP contribution in [0.25, 0.3) is 17.2 Å². The summed E-state index contributed by atoms with van der Waals surface area (Å²) in [6, 6.07) is 12.0. The van der Waals surface area contributed by atoms with Crippen molar-refractivity contribution in [2.75, 3.05) is 0 Å². The summed E-state index contributed by atoms with van der Waals surface area (Å²) in [4.78, 5) is 17.9. The third-order valence-corrected chi connectivity index (χ3v) is 6.20. The number of imidazole rings is 1. The van der Waals surface area contributed by atoms with Crippen LogP contribution in [0.4, 0.5) is 0 Å². The second kappa shape index (κ2) is 8.07. The van der Waals surface area contributed by atoms with Crippen LogP contribution in [0.2, 0.25) is 5.02 Å². The van der Waals surface area contributed by atoms with Gasteiger partial charge in [-0.1, -0.05) is 30.9 Å². The molecule has 1 amide bonds. The van der Waals surface area contributed by atoms with Crippen molar-refractivity contribution in [2.45, 2.75) is 52.0 Å². The molecule has 1 aliphatic carbocycles. The van der Waals surface area contributed by atoms with Gasteiger partial charge in [-0.3, -0.25) is 9.36 Å². The zero-order valence-electron chi connectivity index (χ0n) is 17.2. The smallest absolute Gasteiger partial charge is 0.272 e. The minimum Gasteiger partial charge on any atom is -0.348 e. The van der Waals surface area contributed by atoms with Crippen LogP contribution < -0.4 is 5.32 Å². The van der Waals surface area contributed by atoms with Crippen LogP contribution in [0.5, 0.6) is 0 Å². The number of nitrogens with one attached hydrogen (secondary N) is 1. The summed E-state index contributed by atoms with van der Waals surface area (Å²) in [7, 11) is 2.02. The Labute approximate surface area is 176 Å². The highest BCUT2D eigenvalue weighted by Crippen LogP contribution is 2.28. The van der Waals surface area contributed by atoms with Gasteiger partial charge in [-0.2, -0.15) is 0 Å². The zero-order chi connectivity index (χ0) is 20.5. The van der Waals surface area contributed by atoms with Gasteiger partial charge in [0.05, 0.1) is 11.4 Å². The molecule has 2 aromatic heterocycles. The molecule has 0 radical (unpaired) electrons. The van der Waals surface area contributed by atoms with Crippen LogP contribution in [0.15, 0.2) is 36.4 Å². The van der Waals surface area contributed by atoms with Gasteiger partial charge in [0.15, 0.2) is 5.82 Å². The molecule has 0 unspecified atom stereocenters. The van der Waals surface area contributed by atoms with Crippen molar-refractivity contribution in [3.63, 3.8) is 0 Å². The second-order valence-electron chi connectivity index (χ2n) is 7.91. The van der Waals surface area contributed by atoms with Gasteiger partial charge in [0, 0.05) is 29.5 Å². The van der Waals surface area contributed by atoms with Gasteiger partial charge in [0.1, 0.15) is 5.69 Å². The van der Waals surface area contributed by atoms with Crippen molar-refractivity contribution < 1.29 is 4.79 Å². The Morgan fingerprint density at radius 3 is 2.38 bits per heavy atom. The first kappa shape index (κ1) is 19.8. The lowest BCUT2D eigenvalue weighted by Gasteiger charge is -2.22. The zero-order valence-corrected chi connectivity index (χ0v) is 18.0. The second-order valence-corrected chi connectivity index (χ2v) is 8.35. The Hall–Kier alpha value is -2.53. The van der Waals surface area contributed by atoms with Gasteiger partial charge in [0.2, 0.25) is 0 Å². The predicted octanol–water partition coefficient (Wildman–Crippen LogP) is 5.21. The lowest BCUT2D eigenvalue weighted by Crippen LogP contribution is -2.36. The number of nitrogens with zero attached hydrogens (tertiary/aromatic N) is 3. The molecule has 0 spiro atoms. The van der Waals surface area contributed by atoms with Crippen molar-refractivity contribution in [2.24, 2.45) is 7.05 Å². The van der Waals surface area contributed by atoms with Crippen LogP contribution in [-0.4, -0.2) is 26.1 Å². The van der Waals surface area contributed by atoms with Crippen molar-refractivity contribution in [1.82, 2.24) is 19.4 Å².